The smallest absolute Gasteiger partial charge is 0.247 e. The second kappa shape index (κ2) is 7.08. The van der Waals surface area contributed by atoms with E-state index in [9.17, 15) is 15.3 Å². The molecule has 4 atom stereocenters. The average molecular weight is 373 g/mol. The molecule has 0 radical (unpaired) electrons. The lowest BCUT2D eigenvalue weighted by Crippen LogP contribution is -2.33. The van der Waals surface area contributed by atoms with Gasteiger partial charge in [-0.25, -0.2) is 4.98 Å². The molecule has 0 amide bonds. The van der Waals surface area contributed by atoms with Gasteiger partial charge < -0.3 is 30.5 Å². The van der Waals surface area contributed by atoms with E-state index < -0.39 is 31.1 Å². The predicted molar refractivity (Wildman–Crippen MR) is 93.5 cm³/mol. The van der Waals surface area contributed by atoms with Gasteiger partial charge in [-0.3, -0.25) is 4.57 Å². The van der Waals surface area contributed by atoms with E-state index in [4.69, 9.17) is 15.2 Å². The third kappa shape index (κ3) is 3.19. The highest BCUT2D eigenvalue weighted by molar-refractivity contribution is 5.77. The van der Waals surface area contributed by atoms with Crippen LogP contribution in [0.5, 0.6) is 5.88 Å². The van der Waals surface area contributed by atoms with Gasteiger partial charge in [0.05, 0.1) is 12.9 Å². The van der Waals surface area contributed by atoms with Crippen molar-refractivity contribution < 1.29 is 24.8 Å². The first-order chi connectivity index (χ1) is 13.1. The Bertz CT molecular complexity index is 934. The molecule has 0 spiro atoms. The van der Waals surface area contributed by atoms with Crippen molar-refractivity contribution in [2.24, 2.45) is 0 Å². The lowest BCUT2D eigenvalue weighted by atomic mass is 10.1. The monoisotopic (exact) mass is 373 g/mol. The molecule has 0 bridgehead atoms. The molecule has 4 rings (SSSR count). The normalized spacial score (nSPS) is 25.1. The first-order valence-electron chi connectivity index (χ1n) is 8.37. The quantitative estimate of drug-likeness (QED) is 0.468. The molecule has 0 unspecified atom stereocenters. The van der Waals surface area contributed by atoms with Crippen LogP contribution in [0.4, 0.5) is 5.95 Å². The molecular formula is C17H19N5O5. The van der Waals surface area contributed by atoms with Crippen molar-refractivity contribution in [1.82, 2.24) is 19.5 Å². The first-order valence-corrected chi connectivity index (χ1v) is 8.37. The molecule has 2 aromatic heterocycles. The lowest BCUT2D eigenvalue weighted by Gasteiger charge is -2.16. The van der Waals surface area contributed by atoms with E-state index in [1.165, 1.54) is 10.9 Å². The maximum absolute atomic E-state index is 10.2. The Hall–Kier alpha value is -2.79. The van der Waals surface area contributed by atoms with Gasteiger partial charge in [0.2, 0.25) is 11.8 Å². The van der Waals surface area contributed by atoms with Gasteiger partial charge >= 0.3 is 0 Å². The molecule has 10 nitrogen and oxygen atoms in total. The van der Waals surface area contributed by atoms with E-state index in [1.54, 1.807) is 0 Å². The van der Waals surface area contributed by atoms with E-state index in [0.29, 0.717) is 11.2 Å². The first kappa shape index (κ1) is 17.6. The van der Waals surface area contributed by atoms with Crippen LogP contribution in [0.25, 0.3) is 11.2 Å². The van der Waals surface area contributed by atoms with Gasteiger partial charge in [0.1, 0.15) is 24.9 Å². The number of imidazole rings is 1. The number of hydrogen-bond acceptors (Lipinski definition) is 9. The Kier molecular flexibility index (Phi) is 4.62. The minimum Gasteiger partial charge on any atom is -0.471 e. The number of rotatable bonds is 5. The Morgan fingerprint density at radius 2 is 1.93 bits per heavy atom. The van der Waals surface area contributed by atoms with Gasteiger partial charge in [0.25, 0.3) is 0 Å². The van der Waals surface area contributed by atoms with Crippen molar-refractivity contribution in [3.05, 3.63) is 42.2 Å². The molecule has 1 saturated heterocycles. The van der Waals surface area contributed by atoms with Crippen molar-refractivity contribution in [2.75, 3.05) is 12.3 Å². The maximum atomic E-state index is 10.2. The number of nitrogens with two attached hydrogens (primary N) is 1. The summed E-state index contributed by atoms with van der Waals surface area (Å²) in [7, 11) is 0. The molecule has 3 aromatic rings. The van der Waals surface area contributed by atoms with Crippen LogP contribution < -0.4 is 10.5 Å². The lowest BCUT2D eigenvalue weighted by molar-refractivity contribution is -0.0511. The van der Waals surface area contributed by atoms with Crippen LogP contribution in [0.3, 0.4) is 0 Å². The number of aliphatic hydroxyl groups is 3. The molecule has 27 heavy (non-hydrogen) atoms. The summed E-state index contributed by atoms with van der Waals surface area (Å²) in [5.74, 6) is 0.172. The van der Waals surface area contributed by atoms with Crippen LogP contribution in [0.15, 0.2) is 36.7 Å². The summed E-state index contributed by atoms with van der Waals surface area (Å²) in [6.45, 7) is -0.156. The van der Waals surface area contributed by atoms with E-state index in [2.05, 4.69) is 15.0 Å². The van der Waals surface area contributed by atoms with E-state index >= 15 is 0 Å². The fourth-order valence-electron chi connectivity index (χ4n) is 3.03. The zero-order valence-electron chi connectivity index (χ0n) is 14.2. The number of aromatic nitrogens is 4. The fourth-order valence-corrected chi connectivity index (χ4v) is 3.03. The topological polar surface area (TPSA) is 149 Å². The summed E-state index contributed by atoms with van der Waals surface area (Å²) >= 11 is 0. The Balaban J connectivity index is 1.66. The summed E-state index contributed by atoms with van der Waals surface area (Å²) in [6.07, 6.45) is -2.97. The van der Waals surface area contributed by atoms with Crippen molar-refractivity contribution in [2.45, 2.75) is 31.1 Å². The van der Waals surface area contributed by atoms with Gasteiger partial charge in [-0.1, -0.05) is 30.3 Å². The van der Waals surface area contributed by atoms with Gasteiger partial charge in [-0.15, -0.1) is 0 Å². The van der Waals surface area contributed by atoms with Gasteiger partial charge in [-0.2, -0.15) is 9.97 Å². The number of benzene rings is 1. The molecule has 10 heteroatoms. The van der Waals surface area contributed by atoms with Crippen molar-refractivity contribution >= 4 is 17.1 Å². The SMILES string of the molecule is Nc1nc(OCc2ccccc2)c2ncn([C@@H]3O[C@H](CO)[C@@H](O)[C@H]3O)c2n1. The Morgan fingerprint density at radius 3 is 2.63 bits per heavy atom. The predicted octanol–water partition coefficient (Wildman–Crippen LogP) is -0.401. The van der Waals surface area contributed by atoms with Crippen molar-refractivity contribution in [3.63, 3.8) is 0 Å². The van der Waals surface area contributed by atoms with E-state index in [1.807, 2.05) is 30.3 Å². The highest BCUT2D eigenvalue weighted by atomic mass is 16.6. The zero-order valence-corrected chi connectivity index (χ0v) is 14.2. The highest BCUT2D eigenvalue weighted by Crippen LogP contribution is 2.33. The summed E-state index contributed by atoms with van der Waals surface area (Å²) < 4.78 is 12.7. The number of fused-ring (bicyclic) bond motifs is 1. The molecular weight excluding hydrogens is 354 g/mol. The summed E-state index contributed by atoms with van der Waals surface area (Å²) in [5, 5.41) is 29.5. The molecule has 1 aliphatic heterocycles. The standard InChI is InChI=1S/C17H19N5O5/c18-17-20-14-11(15(21-17)26-7-9-4-2-1-3-5-9)19-8-22(14)16-13(25)12(24)10(6-23)27-16/h1-5,8,10,12-13,16,23-25H,6-7H2,(H2,18,20,21)/t10-,12-,13-,16-/m1/s1. The van der Waals surface area contributed by atoms with Crippen LogP contribution in [-0.2, 0) is 11.3 Å². The molecule has 1 fully saturated rings. The zero-order chi connectivity index (χ0) is 19.0. The molecule has 0 saturated carbocycles. The third-order valence-corrected chi connectivity index (χ3v) is 4.42. The number of ether oxygens (including phenoxy) is 2. The Labute approximate surface area is 153 Å². The minimum atomic E-state index is -1.26. The fraction of sp³-hybridized carbons (Fsp3) is 0.353. The van der Waals surface area contributed by atoms with E-state index in [-0.39, 0.29) is 18.4 Å². The van der Waals surface area contributed by atoms with Crippen LogP contribution in [0.1, 0.15) is 11.8 Å². The second-order valence-corrected chi connectivity index (χ2v) is 6.21. The number of aliphatic hydroxyl groups excluding tert-OH is 3. The van der Waals surface area contributed by atoms with Crippen molar-refractivity contribution in [1.29, 1.82) is 0 Å². The van der Waals surface area contributed by atoms with Gasteiger partial charge in [0.15, 0.2) is 17.4 Å². The highest BCUT2D eigenvalue weighted by Gasteiger charge is 2.44. The molecule has 1 aliphatic rings. The number of nitrogen functional groups attached to an aromatic ring is 1. The number of hydrogen-bond donors (Lipinski definition) is 4. The maximum Gasteiger partial charge on any atom is 0.247 e. The van der Waals surface area contributed by atoms with Crippen molar-refractivity contribution in [3.8, 4) is 5.88 Å². The minimum absolute atomic E-state index is 0.0287. The number of nitrogens with zero attached hydrogens (tertiary/aromatic N) is 4. The van der Waals surface area contributed by atoms with Crippen LogP contribution >= 0.6 is 0 Å². The number of anilines is 1. The summed E-state index contributed by atoms with van der Waals surface area (Å²) in [6, 6.07) is 9.55. The van der Waals surface area contributed by atoms with Crippen LogP contribution in [-0.4, -0.2) is 59.8 Å². The van der Waals surface area contributed by atoms with Gasteiger partial charge in [0, 0.05) is 0 Å². The average Bonchev–Trinajstić information content (AvgIpc) is 3.22. The summed E-state index contributed by atoms with van der Waals surface area (Å²) in [5.41, 5.74) is 7.39. The molecule has 5 N–H and O–H groups in total. The molecule has 142 valence electrons. The molecule has 0 aliphatic carbocycles. The van der Waals surface area contributed by atoms with Crippen LogP contribution in [0, 0.1) is 0 Å². The molecule has 3 heterocycles. The summed E-state index contributed by atoms with van der Waals surface area (Å²) in [4.78, 5) is 12.5. The largest absolute Gasteiger partial charge is 0.471 e. The van der Waals surface area contributed by atoms with Gasteiger partial charge in [-0.05, 0) is 5.56 Å². The van der Waals surface area contributed by atoms with Crippen LogP contribution in [0.2, 0.25) is 0 Å². The Morgan fingerprint density at radius 1 is 1.15 bits per heavy atom. The second-order valence-electron chi connectivity index (χ2n) is 6.21. The third-order valence-electron chi connectivity index (χ3n) is 4.42. The molecule has 1 aromatic carbocycles. The van der Waals surface area contributed by atoms with E-state index in [0.717, 1.165) is 5.56 Å².